The Hall–Kier alpha value is -1.46. The van der Waals surface area contributed by atoms with Crippen molar-refractivity contribution >= 4 is 0 Å². The Morgan fingerprint density at radius 2 is 2.40 bits per heavy atom. The Balaban J connectivity index is 2.07. The van der Waals surface area contributed by atoms with E-state index in [1.165, 1.54) is 5.56 Å². The van der Waals surface area contributed by atoms with Crippen LogP contribution in [0.4, 0.5) is 0 Å². The highest BCUT2D eigenvalue weighted by atomic mass is 16.5. The molecule has 0 spiro atoms. The predicted octanol–water partition coefficient (Wildman–Crippen LogP) is 2.07. The number of hydrogen-bond donors (Lipinski definition) is 1. The number of hydrogen-bond acceptors (Lipinski definition) is 2. The second-order valence-corrected chi connectivity index (χ2v) is 3.72. The molecule has 0 saturated heterocycles. The SMILES string of the molecule is C#CCCOc1ccc2c(c1)CCC2O. The first-order valence-electron chi connectivity index (χ1n) is 5.18. The van der Waals surface area contributed by atoms with Crippen LogP contribution in [0.5, 0.6) is 5.75 Å². The van der Waals surface area contributed by atoms with Gasteiger partial charge in [-0.1, -0.05) is 6.07 Å². The fraction of sp³-hybridized carbons (Fsp3) is 0.385. The molecule has 1 unspecified atom stereocenters. The molecular formula is C13H14O2. The highest BCUT2D eigenvalue weighted by Crippen LogP contribution is 2.33. The Bertz CT molecular complexity index is 390. The lowest BCUT2D eigenvalue weighted by molar-refractivity contribution is 0.180. The Labute approximate surface area is 89.9 Å². The van der Waals surface area contributed by atoms with E-state index < -0.39 is 0 Å². The molecule has 0 saturated carbocycles. The van der Waals surface area contributed by atoms with Crippen molar-refractivity contribution in [1.29, 1.82) is 0 Å². The van der Waals surface area contributed by atoms with Crippen molar-refractivity contribution in [3.05, 3.63) is 29.3 Å². The molecule has 1 aliphatic rings. The summed E-state index contributed by atoms with van der Waals surface area (Å²) in [5.41, 5.74) is 2.24. The van der Waals surface area contributed by atoms with E-state index in [0.29, 0.717) is 13.0 Å². The molecule has 0 fully saturated rings. The van der Waals surface area contributed by atoms with E-state index in [-0.39, 0.29) is 6.10 Å². The smallest absolute Gasteiger partial charge is 0.119 e. The van der Waals surface area contributed by atoms with Gasteiger partial charge in [0.2, 0.25) is 0 Å². The number of aliphatic hydroxyl groups is 1. The number of ether oxygens (including phenoxy) is 1. The number of benzene rings is 1. The van der Waals surface area contributed by atoms with Crippen LogP contribution in [0, 0.1) is 12.3 Å². The molecule has 2 heteroatoms. The van der Waals surface area contributed by atoms with Gasteiger partial charge in [-0.3, -0.25) is 0 Å². The van der Waals surface area contributed by atoms with Crippen molar-refractivity contribution in [2.45, 2.75) is 25.4 Å². The van der Waals surface area contributed by atoms with E-state index >= 15 is 0 Å². The lowest BCUT2D eigenvalue weighted by Crippen LogP contribution is -1.97. The number of aliphatic hydroxyl groups excluding tert-OH is 1. The van der Waals surface area contributed by atoms with E-state index in [0.717, 1.165) is 24.2 Å². The van der Waals surface area contributed by atoms with Gasteiger partial charge in [-0.05, 0) is 36.1 Å². The minimum absolute atomic E-state index is 0.292. The standard InChI is InChI=1S/C13H14O2/c1-2-3-8-15-11-5-6-12-10(9-11)4-7-13(12)14/h1,5-6,9,13-14H,3-4,7-8H2. The third-order valence-corrected chi connectivity index (χ3v) is 2.68. The summed E-state index contributed by atoms with van der Waals surface area (Å²) in [7, 11) is 0. The van der Waals surface area contributed by atoms with E-state index in [1.54, 1.807) is 0 Å². The van der Waals surface area contributed by atoms with Gasteiger partial charge >= 0.3 is 0 Å². The van der Waals surface area contributed by atoms with Crippen LogP contribution >= 0.6 is 0 Å². The Kier molecular flexibility index (Phi) is 2.94. The van der Waals surface area contributed by atoms with Gasteiger partial charge in [0, 0.05) is 6.42 Å². The zero-order valence-electron chi connectivity index (χ0n) is 8.57. The topological polar surface area (TPSA) is 29.5 Å². The van der Waals surface area contributed by atoms with Crippen LogP contribution < -0.4 is 4.74 Å². The van der Waals surface area contributed by atoms with Gasteiger partial charge < -0.3 is 9.84 Å². The van der Waals surface area contributed by atoms with Crippen LogP contribution in [0.3, 0.4) is 0 Å². The molecular weight excluding hydrogens is 188 g/mol. The zero-order valence-corrected chi connectivity index (χ0v) is 8.57. The van der Waals surface area contributed by atoms with Gasteiger partial charge in [-0.2, -0.15) is 0 Å². The first-order chi connectivity index (χ1) is 7.31. The molecule has 0 radical (unpaired) electrons. The van der Waals surface area contributed by atoms with Gasteiger partial charge in [0.05, 0.1) is 12.7 Å². The third-order valence-electron chi connectivity index (χ3n) is 2.68. The molecule has 15 heavy (non-hydrogen) atoms. The first-order valence-corrected chi connectivity index (χ1v) is 5.18. The van der Waals surface area contributed by atoms with Crippen molar-refractivity contribution in [2.24, 2.45) is 0 Å². The monoisotopic (exact) mass is 202 g/mol. The van der Waals surface area contributed by atoms with Crippen molar-refractivity contribution < 1.29 is 9.84 Å². The summed E-state index contributed by atoms with van der Waals surface area (Å²) >= 11 is 0. The van der Waals surface area contributed by atoms with Crippen LogP contribution in [0.15, 0.2) is 18.2 Å². The Morgan fingerprint density at radius 3 is 3.20 bits per heavy atom. The largest absolute Gasteiger partial charge is 0.493 e. The summed E-state index contributed by atoms with van der Waals surface area (Å²) in [5, 5.41) is 9.62. The van der Waals surface area contributed by atoms with Crippen LogP contribution in [0.25, 0.3) is 0 Å². The molecule has 2 rings (SSSR count). The van der Waals surface area contributed by atoms with Crippen LogP contribution in [0.2, 0.25) is 0 Å². The second kappa shape index (κ2) is 4.37. The van der Waals surface area contributed by atoms with E-state index in [1.807, 2.05) is 18.2 Å². The maximum Gasteiger partial charge on any atom is 0.119 e. The van der Waals surface area contributed by atoms with Gasteiger partial charge in [-0.15, -0.1) is 12.3 Å². The van der Waals surface area contributed by atoms with Gasteiger partial charge in [-0.25, -0.2) is 0 Å². The van der Waals surface area contributed by atoms with Crippen LogP contribution in [0.1, 0.15) is 30.1 Å². The van der Waals surface area contributed by atoms with Gasteiger partial charge in [0.25, 0.3) is 0 Å². The summed E-state index contributed by atoms with van der Waals surface area (Å²) in [5.74, 6) is 3.38. The average Bonchev–Trinajstić information content (AvgIpc) is 2.61. The third kappa shape index (κ3) is 2.14. The normalized spacial score (nSPS) is 18.3. The first kappa shape index (κ1) is 10.1. The molecule has 78 valence electrons. The predicted molar refractivity (Wildman–Crippen MR) is 58.7 cm³/mol. The highest BCUT2D eigenvalue weighted by molar-refractivity contribution is 5.39. The molecule has 0 heterocycles. The van der Waals surface area contributed by atoms with Crippen LogP contribution in [-0.2, 0) is 6.42 Å². The zero-order chi connectivity index (χ0) is 10.7. The minimum Gasteiger partial charge on any atom is -0.493 e. The average molecular weight is 202 g/mol. The molecule has 1 N–H and O–H groups in total. The summed E-state index contributed by atoms with van der Waals surface area (Å²) in [4.78, 5) is 0. The van der Waals surface area contributed by atoms with E-state index in [9.17, 15) is 5.11 Å². The maximum absolute atomic E-state index is 9.62. The number of fused-ring (bicyclic) bond motifs is 1. The van der Waals surface area contributed by atoms with Crippen molar-refractivity contribution in [3.8, 4) is 18.1 Å². The quantitative estimate of drug-likeness (QED) is 0.600. The molecule has 0 aliphatic heterocycles. The van der Waals surface area contributed by atoms with Gasteiger partial charge in [0.1, 0.15) is 5.75 Å². The van der Waals surface area contributed by atoms with Crippen molar-refractivity contribution in [1.82, 2.24) is 0 Å². The second-order valence-electron chi connectivity index (χ2n) is 3.72. The fourth-order valence-corrected chi connectivity index (χ4v) is 1.89. The molecule has 0 aromatic heterocycles. The highest BCUT2D eigenvalue weighted by Gasteiger charge is 2.20. The summed E-state index contributed by atoms with van der Waals surface area (Å²) in [6.45, 7) is 0.553. The summed E-state index contributed by atoms with van der Waals surface area (Å²) in [6.07, 6.45) is 7.23. The molecule has 1 aromatic carbocycles. The van der Waals surface area contributed by atoms with Gasteiger partial charge in [0.15, 0.2) is 0 Å². The van der Waals surface area contributed by atoms with Crippen molar-refractivity contribution in [2.75, 3.05) is 6.61 Å². The Morgan fingerprint density at radius 1 is 1.53 bits per heavy atom. The van der Waals surface area contributed by atoms with Crippen LogP contribution in [-0.4, -0.2) is 11.7 Å². The molecule has 1 aliphatic carbocycles. The number of terminal acetylenes is 1. The molecule has 0 amide bonds. The lowest BCUT2D eigenvalue weighted by atomic mass is 10.1. The molecule has 1 atom stereocenters. The molecule has 0 bridgehead atoms. The summed E-state index contributed by atoms with van der Waals surface area (Å²) < 4.78 is 5.48. The molecule has 2 nitrogen and oxygen atoms in total. The lowest BCUT2D eigenvalue weighted by Gasteiger charge is -2.07. The van der Waals surface area contributed by atoms with E-state index in [2.05, 4.69) is 5.92 Å². The minimum atomic E-state index is -0.292. The number of rotatable bonds is 3. The fourth-order valence-electron chi connectivity index (χ4n) is 1.89. The summed E-state index contributed by atoms with van der Waals surface area (Å²) in [6, 6.07) is 5.84. The number of aryl methyl sites for hydroxylation is 1. The molecule has 1 aromatic rings. The maximum atomic E-state index is 9.62. The van der Waals surface area contributed by atoms with E-state index in [4.69, 9.17) is 11.2 Å². The van der Waals surface area contributed by atoms with Crippen molar-refractivity contribution in [3.63, 3.8) is 0 Å².